The molecule has 2 aliphatic rings. The fourth-order valence-electron chi connectivity index (χ4n) is 4.73. The van der Waals surface area contributed by atoms with Crippen LogP contribution in [0.3, 0.4) is 0 Å². The third-order valence-corrected chi connectivity index (χ3v) is 6.88. The normalized spacial score (nSPS) is 20.7. The molecule has 6 nitrogen and oxygen atoms in total. The van der Waals surface area contributed by atoms with Gasteiger partial charge in [-0.05, 0) is 65.8 Å². The van der Waals surface area contributed by atoms with E-state index in [1.807, 2.05) is 6.07 Å². The van der Waals surface area contributed by atoms with E-state index in [1.54, 1.807) is 24.4 Å². The Morgan fingerprint density at radius 1 is 1.06 bits per heavy atom. The molecule has 1 saturated carbocycles. The molecule has 3 atom stereocenters. The monoisotopic (exact) mass is 496 g/mol. The lowest BCUT2D eigenvalue weighted by atomic mass is 10.0. The van der Waals surface area contributed by atoms with Crippen LogP contribution >= 0.6 is 0 Å². The van der Waals surface area contributed by atoms with Gasteiger partial charge >= 0.3 is 6.18 Å². The smallest absolute Gasteiger partial charge is 0.383 e. The van der Waals surface area contributed by atoms with Gasteiger partial charge in [-0.3, -0.25) is 9.36 Å². The summed E-state index contributed by atoms with van der Waals surface area (Å²) in [6.07, 6.45) is 0.0400. The van der Waals surface area contributed by atoms with E-state index in [0.29, 0.717) is 35.0 Å². The topological polar surface area (TPSA) is 79.1 Å². The van der Waals surface area contributed by atoms with E-state index in [-0.39, 0.29) is 5.56 Å². The molecule has 1 aliphatic carbocycles. The SMILES string of the molecule is N=Cc1cc(-n2ccc(-c3ccc(C(F)(F)F)cc3)cc2=O)ccc1NCCNCC1OCC2CC21. The molecule has 3 unspecified atom stereocenters. The first kappa shape index (κ1) is 24.3. The van der Waals surface area contributed by atoms with Gasteiger partial charge in [0.15, 0.2) is 0 Å². The third-order valence-electron chi connectivity index (χ3n) is 6.88. The van der Waals surface area contributed by atoms with Crippen LogP contribution in [0.2, 0.25) is 0 Å². The second kappa shape index (κ2) is 9.91. The van der Waals surface area contributed by atoms with Crippen molar-refractivity contribution in [2.24, 2.45) is 11.8 Å². The van der Waals surface area contributed by atoms with Crippen LogP contribution in [-0.4, -0.2) is 43.1 Å². The Labute approximate surface area is 206 Å². The average Bonchev–Trinajstić information content (AvgIpc) is 3.55. The Morgan fingerprint density at radius 2 is 1.86 bits per heavy atom. The number of nitrogens with one attached hydrogen (secondary N) is 3. The molecule has 1 aliphatic heterocycles. The molecule has 36 heavy (non-hydrogen) atoms. The van der Waals surface area contributed by atoms with E-state index >= 15 is 0 Å². The number of anilines is 1. The van der Waals surface area contributed by atoms with Crippen molar-refractivity contribution >= 4 is 11.9 Å². The molecule has 1 saturated heterocycles. The van der Waals surface area contributed by atoms with Crippen LogP contribution in [0.15, 0.2) is 65.6 Å². The highest BCUT2D eigenvalue weighted by molar-refractivity contribution is 5.86. The maximum Gasteiger partial charge on any atom is 0.416 e. The van der Waals surface area contributed by atoms with Gasteiger partial charge in [0.25, 0.3) is 5.56 Å². The van der Waals surface area contributed by atoms with Crippen molar-refractivity contribution in [3.63, 3.8) is 0 Å². The lowest BCUT2D eigenvalue weighted by Crippen LogP contribution is -2.32. The predicted octanol–water partition coefficient (Wildman–Crippen LogP) is 4.56. The number of halogens is 3. The van der Waals surface area contributed by atoms with Crippen LogP contribution in [0.25, 0.3) is 16.8 Å². The third kappa shape index (κ3) is 5.22. The summed E-state index contributed by atoms with van der Waals surface area (Å²) in [7, 11) is 0. The predicted molar refractivity (Wildman–Crippen MR) is 133 cm³/mol. The van der Waals surface area contributed by atoms with Crippen molar-refractivity contribution in [3.8, 4) is 16.8 Å². The minimum Gasteiger partial charge on any atom is -0.383 e. The van der Waals surface area contributed by atoms with Crippen LogP contribution in [-0.2, 0) is 10.9 Å². The molecule has 1 aromatic heterocycles. The molecule has 9 heteroatoms. The van der Waals surface area contributed by atoms with Gasteiger partial charge in [-0.2, -0.15) is 13.2 Å². The first-order valence-electron chi connectivity index (χ1n) is 11.9. The van der Waals surface area contributed by atoms with E-state index in [4.69, 9.17) is 10.1 Å². The first-order chi connectivity index (χ1) is 17.3. The van der Waals surface area contributed by atoms with Gasteiger partial charge in [0.2, 0.25) is 0 Å². The van der Waals surface area contributed by atoms with Crippen LogP contribution in [0.5, 0.6) is 0 Å². The highest BCUT2D eigenvalue weighted by Gasteiger charge is 2.48. The highest BCUT2D eigenvalue weighted by Crippen LogP contribution is 2.47. The summed E-state index contributed by atoms with van der Waals surface area (Å²) in [5.74, 6) is 1.51. The minimum atomic E-state index is -4.41. The molecule has 3 N–H and O–H groups in total. The first-order valence-corrected chi connectivity index (χ1v) is 11.9. The van der Waals surface area contributed by atoms with Gasteiger partial charge in [0.1, 0.15) is 0 Å². The summed E-state index contributed by atoms with van der Waals surface area (Å²) >= 11 is 0. The summed E-state index contributed by atoms with van der Waals surface area (Å²) in [5.41, 5.74) is 2.04. The molecular formula is C27H27F3N4O2. The van der Waals surface area contributed by atoms with E-state index in [9.17, 15) is 18.0 Å². The zero-order valence-electron chi connectivity index (χ0n) is 19.5. The molecule has 5 rings (SSSR count). The summed E-state index contributed by atoms with van der Waals surface area (Å²) in [4.78, 5) is 12.8. The van der Waals surface area contributed by atoms with Crippen LogP contribution in [0.4, 0.5) is 18.9 Å². The Morgan fingerprint density at radius 3 is 2.50 bits per heavy atom. The summed E-state index contributed by atoms with van der Waals surface area (Å²) in [6.45, 7) is 3.19. The van der Waals surface area contributed by atoms with Gasteiger partial charge in [-0.15, -0.1) is 0 Å². The molecule has 3 aromatic rings. The van der Waals surface area contributed by atoms with E-state index in [2.05, 4.69) is 10.6 Å². The molecule has 0 radical (unpaired) electrons. The fourth-order valence-corrected chi connectivity index (χ4v) is 4.73. The van der Waals surface area contributed by atoms with Crippen molar-refractivity contribution in [2.45, 2.75) is 18.7 Å². The van der Waals surface area contributed by atoms with Gasteiger partial charge < -0.3 is 20.8 Å². The lowest BCUT2D eigenvalue weighted by molar-refractivity contribution is -0.137. The maximum absolute atomic E-state index is 12.8. The molecular weight excluding hydrogens is 469 g/mol. The number of aromatic nitrogens is 1. The van der Waals surface area contributed by atoms with Crippen molar-refractivity contribution in [1.82, 2.24) is 9.88 Å². The number of fused-ring (bicyclic) bond motifs is 1. The van der Waals surface area contributed by atoms with E-state index in [1.165, 1.54) is 35.4 Å². The van der Waals surface area contributed by atoms with Crippen molar-refractivity contribution in [1.29, 1.82) is 5.41 Å². The molecule has 2 fully saturated rings. The van der Waals surface area contributed by atoms with Crippen LogP contribution in [0, 0.1) is 17.2 Å². The van der Waals surface area contributed by atoms with E-state index in [0.717, 1.165) is 49.4 Å². The summed E-state index contributed by atoms with van der Waals surface area (Å²) < 4.78 is 45.6. The van der Waals surface area contributed by atoms with Gasteiger partial charge in [-0.25, -0.2) is 0 Å². The molecule has 188 valence electrons. The zero-order chi connectivity index (χ0) is 25.3. The average molecular weight is 497 g/mol. The van der Waals surface area contributed by atoms with Crippen LogP contribution < -0.4 is 16.2 Å². The van der Waals surface area contributed by atoms with Crippen molar-refractivity contribution < 1.29 is 17.9 Å². The maximum atomic E-state index is 12.8. The number of ether oxygens (including phenoxy) is 1. The quantitative estimate of drug-likeness (QED) is 0.300. The number of benzene rings is 2. The number of hydrogen-bond donors (Lipinski definition) is 3. The molecule has 2 aromatic carbocycles. The standard InChI is InChI=1S/C27H27F3N4O2/c28-27(29,30)21-3-1-17(2-4-21)18-7-10-34(26(35)13-18)22-5-6-24(19(11-22)14-31)33-9-8-32-15-25-23-12-20(23)16-36-25/h1-7,10-11,13-14,20,23,25,31-33H,8-9,12,15-16H2. The molecule has 2 heterocycles. The van der Waals surface area contributed by atoms with Crippen LogP contribution in [0.1, 0.15) is 17.5 Å². The minimum absolute atomic E-state index is 0.319. The van der Waals surface area contributed by atoms with Gasteiger partial charge in [0, 0.05) is 55.1 Å². The Hall–Kier alpha value is -3.43. The number of rotatable bonds is 9. The number of alkyl halides is 3. The Bertz CT molecular complexity index is 1300. The largest absolute Gasteiger partial charge is 0.416 e. The van der Waals surface area contributed by atoms with E-state index < -0.39 is 11.7 Å². The van der Waals surface area contributed by atoms with Crippen molar-refractivity contribution in [3.05, 3.63) is 82.3 Å². The molecule has 0 bridgehead atoms. The molecule has 0 spiro atoms. The number of hydrogen-bond acceptors (Lipinski definition) is 5. The Balaban J connectivity index is 1.22. The number of pyridine rings is 1. The van der Waals surface area contributed by atoms with Gasteiger partial charge in [-0.1, -0.05) is 12.1 Å². The fraction of sp³-hybridized carbons (Fsp3) is 0.333. The lowest BCUT2D eigenvalue weighted by Gasteiger charge is -2.15. The Kier molecular flexibility index (Phi) is 6.68. The van der Waals surface area contributed by atoms with Crippen molar-refractivity contribution in [2.75, 3.05) is 31.6 Å². The number of nitrogens with zero attached hydrogens (tertiary/aromatic N) is 1. The van der Waals surface area contributed by atoms with Gasteiger partial charge in [0.05, 0.1) is 18.3 Å². The second-order valence-corrected chi connectivity index (χ2v) is 9.28. The highest BCUT2D eigenvalue weighted by atomic mass is 19.4. The summed E-state index contributed by atoms with van der Waals surface area (Å²) in [6, 6.07) is 13.2. The zero-order valence-corrected chi connectivity index (χ0v) is 19.5. The second-order valence-electron chi connectivity index (χ2n) is 9.28. The molecule has 0 amide bonds. The summed E-state index contributed by atoms with van der Waals surface area (Å²) in [5, 5.41) is 14.5.